The van der Waals surface area contributed by atoms with Crippen molar-refractivity contribution in [1.82, 2.24) is 15.1 Å². The van der Waals surface area contributed by atoms with Crippen molar-refractivity contribution < 1.29 is 0 Å². The predicted molar refractivity (Wildman–Crippen MR) is 107 cm³/mol. The molecule has 0 aromatic heterocycles. The van der Waals surface area contributed by atoms with Gasteiger partial charge in [0, 0.05) is 34.7 Å². The molecule has 1 saturated heterocycles. The van der Waals surface area contributed by atoms with E-state index in [4.69, 9.17) is 0 Å². The Morgan fingerprint density at radius 2 is 1.12 bits per heavy atom. The van der Waals surface area contributed by atoms with Gasteiger partial charge in [-0.15, -0.1) is 0 Å². The third-order valence-corrected chi connectivity index (χ3v) is 8.70. The fourth-order valence-corrected chi connectivity index (χ4v) is 7.47. The summed E-state index contributed by atoms with van der Waals surface area (Å²) in [6.07, 6.45) is 8.39. The van der Waals surface area contributed by atoms with Crippen LogP contribution in [0.5, 0.6) is 0 Å². The van der Waals surface area contributed by atoms with Crippen LogP contribution < -0.4 is 5.32 Å². The van der Waals surface area contributed by atoms with Gasteiger partial charge >= 0.3 is 0 Å². The molecule has 6 unspecified atom stereocenters. The minimum absolute atomic E-state index is 0.785. The minimum Gasteiger partial charge on any atom is -0.309 e. The Morgan fingerprint density at radius 1 is 0.708 bits per heavy atom. The van der Waals surface area contributed by atoms with E-state index in [-0.39, 0.29) is 0 Å². The number of hydrogen-bond acceptors (Lipinski definition) is 4. The smallest absolute Gasteiger partial charge is 0.0219 e. The molecule has 0 amide bonds. The Balaban J connectivity index is 1.60. The van der Waals surface area contributed by atoms with Crippen molar-refractivity contribution >= 4 is 11.8 Å². The van der Waals surface area contributed by atoms with E-state index < -0.39 is 0 Å². The molecule has 3 rings (SSSR count). The first-order valence-electron chi connectivity index (χ1n) is 10.6. The maximum Gasteiger partial charge on any atom is 0.0219 e. The van der Waals surface area contributed by atoms with Gasteiger partial charge in [-0.25, -0.2) is 0 Å². The van der Waals surface area contributed by atoms with Crippen molar-refractivity contribution in [3.63, 3.8) is 0 Å². The molecule has 24 heavy (non-hydrogen) atoms. The topological polar surface area (TPSA) is 18.5 Å². The van der Waals surface area contributed by atoms with Crippen LogP contribution >= 0.6 is 11.8 Å². The highest BCUT2D eigenvalue weighted by molar-refractivity contribution is 8.00. The van der Waals surface area contributed by atoms with Crippen molar-refractivity contribution in [2.24, 2.45) is 0 Å². The molecule has 4 heteroatoms. The third-order valence-electron chi connectivity index (χ3n) is 6.96. The summed E-state index contributed by atoms with van der Waals surface area (Å²) < 4.78 is 0. The lowest BCUT2D eigenvalue weighted by Gasteiger charge is -2.51. The Bertz CT molecular complexity index is 349. The first kappa shape index (κ1) is 19.0. The molecule has 1 heterocycles. The van der Waals surface area contributed by atoms with Crippen molar-refractivity contribution in [2.45, 2.75) is 101 Å². The standard InChI is InChI=1S/C20H39N3S/c1-5-22(6-2)15-9-11-17-19(13-15)24-20-14-16(23(7-3)8-4)10-12-18(20)21-17/h15-21H,5-14H2,1-4H3. The van der Waals surface area contributed by atoms with Gasteiger partial charge in [-0.1, -0.05) is 27.7 Å². The maximum atomic E-state index is 4.09. The largest absolute Gasteiger partial charge is 0.309 e. The fourth-order valence-electron chi connectivity index (χ4n) is 5.54. The average Bonchev–Trinajstić information content (AvgIpc) is 2.62. The Kier molecular flexibility index (Phi) is 6.93. The van der Waals surface area contributed by atoms with Crippen molar-refractivity contribution in [2.75, 3.05) is 26.2 Å². The van der Waals surface area contributed by atoms with Crippen LogP contribution in [0.1, 0.15) is 66.2 Å². The van der Waals surface area contributed by atoms with E-state index in [0.29, 0.717) is 0 Å². The molecule has 3 aliphatic rings. The van der Waals surface area contributed by atoms with Gasteiger partial charge in [-0.05, 0) is 64.7 Å². The van der Waals surface area contributed by atoms with Crippen LogP contribution in [-0.4, -0.2) is 70.6 Å². The monoisotopic (exact) mass is 353 g/mol. The summed E-state index contributed by atoms with van der Waals surface area (Å²) in [4.78, 5) is 5.39. The number of hydrogen-bond donors (Lipinski definition) is 1. The number of fused-ring (bicyclic) bond motifs is 2. The molecule has 2 aliphatic carbocycles. The van der Waals surface area contributed by atoms with Gasteiger partial charge in [0.1, 0.15) is 0 Å². The quantitative estimate of drug-likeness (QED) is 0.786. The van der Waals surface area contributed by atoms with Gasteiger partial charge in [0.15, 0.2) is 0 Å². The second-order valence-corrected chi connectivity index (χ2v) is 9.45. The molecule has 1 N–H and O–H groups in total. The zero-order chi connectivity index (χ0) is 17.1. The predicted octanol–water partition coefficient (Wildman–Crippen LogP) is 3.59. The molecule has 0 radical (unpaired) electrons. The van der Waals surface area contributed by atoms with Crippen molar-refractivity contribution in [3.05, 3.63) is 0 Å². The summed E-state index contributed by atoms with van der Waals surface area (Å²) in [7, 11) is 0. The Hall–Kier alpha value is 0.230. The molecule has 0 spiro atoms. The number of thioether (sulfide) groups is 1. The molecule has 0 bridgehead atoms. The Morgan fingerprint density at radius 3 is 1.50 bits per heavy atom. The van der Waals surface area contributed by atoms with Crippen LogP contribution in [0.4, 0.5) is 0 Å². The molecule has 3 nitrogen and oxygen atoms in total. The minimum atomic E-state index is 0.785. The van der Waals surface area contributed by atoms with E-state index in [1.165, 1.54) is 64.7 Å². The van der Waals surface area contributed by atoms with E-state index in [1.54, 1.807) is 0 Å². The van der Waals surface area contributed by atoms with E-state index in [9.17, 15) is 0 Å². The van der Waals surface area contributed by atoms with Crippen LogP contribution in [-0.2, 0) is 0 Å². The lowest BCUT2D eigenvalue weighted by molar-refractivity contribution is 0.131. The van der Waals surface area contributed by atoms with Crippen LogP contribution in [0, 0.1) is 0 Å². The normalized spacial score (nSPS) is 39.8. The molecule has 0 aromatic rings. The summed E-state index contributed by atoms with van der Waals surface area (Å²) in [6.45, 7) is 14.2. The zero-order valence-corrected chi connectivity index (χ0v) is 17.2. The highest BCUT2D eigenvalue weighted by atomic mass is 32.2. The number of nitrogens with one attached hydrogen (secondary N) is 1. The van der Waals surface area contributed by atoms with Gasteiger partial charge < -0.3 is 15.1 Å². The van der Waals surface area contributed by atoms with Crippen molar-refractivity contribution in [1.29, 1.82) is 0 Å². The molecule has 140 valence electrons. The fraction of sp³-hybridized carbons (Fsp3) is 1.00. The molecule has 0 aromatic carbocycles. The second-order valence-electron chi connectivity index (χ2n) is 7.97. The molecule has 6 atom stereocenters. The molecular weight excluding hydrogens is 314 g/mol. The van der Waals surface area contributed by atoms with Gasteiger partial charge in [0.25, 0.3) is 0 Å². The highest BCUT2D eigenvalue weighted by Crippen LogP contribution is 2.43. The van der Waals surface area contributed by atoms with Crippen molar-refractivity contribution in [3.8, 4) is 0 Å². The van der Waals surface area contributed by atoms with Gasteiger partial charge in [-0.3, -0.25) is 0 Å². The SMILES string of the molecule is CCN(CC)C1CCC2NC3CCC(N(CC)CC)CC3SC2C1. The van der Waals surface area contributed by atoms with E-state index in [1.807, 2.05) is 0 Å². The van der Waals surface area contributed by atoms with E-state index >= 15 is 0 Å². The summed E-state index contributed by atoms with van der Waals surface area (Å²) >= 11 is 2.37. The third kappa shape index (κ3) is 3.97. The van der Waals surface area contributed by atoms with Gasteiger partial charge in [-0.2, -0.15) is 11.8 Å². The first-order valence-corrected chi connectivity index (χ1v) is 11.5. The summed E-state index contributed by atoms with van der Waals surface area (Å²) in [5.74, 6) is 0. The van der Waals surface area contributed by atoms with Gasteiger partial charge in [0.2, 0.25) is 0 Å². The number of nitrogens with zero attached hydrogens (tertiary/aromatic N) is 2. The average molecular weight is 354 g/mol. The Labute approximate surface area is 154 Å². The molecular formula is C20H39N3S. The highest BCUT2D eigenvalue weighted by Gasteiger charge is 2.44. The van der Waals surface area contributed by atoms with Crippen LogP contribution in [0.3, 0.4) is 0 Å². The second kappa shape index (κ2) is 8.75. The first-order chi connectivity index (χ1) is 11.7. The maximum absolute atomic E-state index is 4.09. The van der Waals surface area contributed by atoms with Gasteiger partial charge in [0.05, 0.1) is 0 Å². The summed E-state index contributed by atoms with van der Waals surface area (Å²) in [5.41, 5.74) is 0. The summed E-state index contributed by atoms with van der Waals surface area (Å²) in [5, 5.41) is 5.79. The molecule has 3 fully saturated rings. The number of rotatable bonds is 6. The van der Waals surface area contributed by atoms with Crippen LogP contribution in [0.15, 0.2) is 0 Å². The van der Waals surface area contributed by atoms with E-state index in [2.05, 4.69) is 54.6 Å². The van der Waals surface area contributed by atoms with Crippen LogP contribution in [0.2, 0.25) is 0 Å². The lowest BCUT2D eigenvalue weighted by atomic mass is 9.85. The lowest BCUT2D eigenvalue weighted by Crippen LogP contribution is -2.60. The van der Waals surface area contributed by atoms with Crippen LogP contribution in [0.25, 0.3) is 0 Å². The van der Waals surface area contributed by atoms with E-state index in [0.717, 1.165) is 34.7 Å². The molecule has 1 aliphatic heterocycles. The zero-order valence-electron chi connectivity index (χ0n) is 16.3. The summed E-state index contributed by atoms with van der Waals surface area (Å²) in [6, 6.07) is 3.23. The molecule has 2 saturated carbocycles.